The summed E-state index contributed by atoms with van der Waals surface area (Å²) in [6, 6.07) is 164. The van der Waals surface area contributed by atoms with Crippen LogP contribution in [-0.4, -0.2) is 44.9 Å². The Morgan fingerprint density at radius 2 is 0.245 bits per heavy atom. The lowest BCUT2D eigenvalue weighted by molar-refractivity contribution is 0.668. The van der Waals surface area contributed by atoms with Gasteiger partial charge in [-0.3, -0.25) is 0 Å². The third-order valence-electron chi connectivity index (χ3n) is 26.4. The molecule has 8 aromatic heterocycles. The zero-order valence-electron chi connectivity index (χ0n) is 76.7. The molecular formula is C129H79N9O5. The van der Waals surface area contributed by atoms with Crippen LogP contribution in [0.15, 0.2) is 501 Å². The number of rotatable bonds is 15. The summed E-state index contributed by atoms with van der Waals surface area (Å²) in [4.78, 5) is 45.0. The van der Waals surface area contributed by atoms with Gasteiger partial charge >= 0.3 is 0 Å². The molecule has 0 amide bonds. The molecule has 0 spiro atoms. The summed E-state index contributed by atoms with van der Waals surface area (Å²) in [7, 11) is 0. The van der Waals surface area contributed by atoms with E-state index in [4.69, 9.17) is 66.9 Å². The molecule has 0 aliphatic carbocycles. The first kappa shape index (κ1) is 84.0. The summed E-state index contributed by atoms with van der Waals surface area (Å²) < 4.78 is 31.1. The van der Waals surface area contributed by atoms with E-state index >= 15 is 0 Å². The van der Waals surface area contributed by atoms with Crippen LogP contribution in [-0.2, 0) is 0 Å². The van der Waals surface area contributed by atoms with Gasteiger partial charge in [-0.05, 0) is 194 Å². The number of hydrogen-bond acceptors (Lipinski definition) is 14. The average molecular weight is 1840 g/mol. The van der Waals surface area contributed by atoms with Crippen LogP contribution in [0.4, 0.5) is 0 Å². The van der Waals surface area contributed by atoms with Gasteiger partial charge in [0.05, 0.1) is 0 Å². The van der Waals surface area contributed by atoms with Gasteiger partial charge in [0.2, 0.25) is 0 Å². The molecule has 14 nitrogen and oxygen atoms in total. The Labute approximate surface area is 819 Å². The number of para-hydroxylation sites is 5. The number of aromatic nitrogens is 9. The van der Waals surface area contributed by atoms with Gasteiger partial charge in [-0.15, -0.1) is 0 Å². The van der Waals surface area contributed by atoms with E-state index in [1.54, 1.807) is 0 Å². The molecule has 143 heavy (non-hydrogen) atoms. The smallest absolute Gasteiger partial charge is 0.164 e. The molecule has 0 radical (unpaired) electrons. The van der Waals surface area contributed by atoms with Crippen LogP contribution in [0, 0.1) is 0 Å². The van der Waals surface area contributed by atoms with Gasteiger partial charge in [0.1, 0.15) is 55.8 Å². The Hall–Kier alpha value is -19.6. The largest absolute Gasteiger partial charge is 0.456 e. The second kappa shape index (κ2) is 36.2. The zero-order chi connectivity index (χ0) is 94.6. The molecule has 14 heteroatoms. The quantitative estimate of drug-likeness (QED) is 0.0945. The summed E-state index contributed by atoms with van der Waals surface area (Å²) in [5.74, 6) is 5.40. The van der Waals surface area contributed by atoms with E-state index in [1.807, 2.05) is 224 Å². The zero-order valence-corrected chi connectivity index (χ0v) is 76.7. The summed E-state index contributed by atoms with van der Waals surface area (Å²) in [5, 5.41) is 10.9. The van der Waals surface area contributed by atoms with E-state index in [-0.39, 0.29) is 0 Å². The molecule has 0 fully saturated rings. The van der Waals surface area contributed by atoms with Crippen molar-refractivity contribution in [3.63, 3.8) is 0 Å². The Bertz CT molecular complexity index is 9550. The van der Waals surface area contributed by atoms with E-state index in [0.29, 0.717) is 52.4 Å². The van der Waals surface area contributed by atoms with Gasteiger partial charge in [0, 0.05) is 104 Å². The monoisotopic (exact) mass is 1830 g/mol. The number of fused-ring (bicyclic) bond motifs is 15. The van der Waals surface area contributed by atoms with Crippen LogP contribution in [0.25, 0.3) is 279 Å². The Morgan fingerprint density at radius 1 is 0.0909 bits per heavy atom. The first-order chi connectivity index (χ1) is 70.7. The minimum Gasteiger partial charge on any atom is -0.456 e. The lowest BCUT2D eigenvalue weighted by Gasteiger charge is -2.12. The summed E-state index contributed by atoms with van der Waals surface area (Å²) in [6.07, 6.45) is 0. The normalized spacial score (nSPS) is 11.5. The third kappa shape index (κ3) is 16.5. The first-order valence-corrected chi connectivity index (χ1v) is 47.5. The minimum atomic E-state index is 0.576. The molecule has 28 rings (SSSR count). The number of benzene rings is 20. The third-order valence-corrected chi connectivity index (χ3v) is 26.4. The topological polar surface area (TPSA) is 182 Å². The highest BCUT2D eigenvalue weighted by molar-refractivity contribution is 6.10. The Morgan fingerprint density at radius 3 is 0.552 bits per heavy atom. The average Bonchev–Trinajstić information content (AvgIpc) is 1.65. The number of nitrogens with zero attached hydrogens (tertiary/aromatic N) is 9. The lowest BCUT2D eigenvalue weighted by atomic mass is 9.95. The van der Waals surface area contributed by atoms with Gasteiger partial charge in [0.25, 0.3) is 0 Å². The molecule has 0 atom stereocenters. The predicted molar refractivity (Wildman–Crippen MR) is 577 cm³/mol. The van der Waals surface area contributed by atoms with Crippen LogP contribution in [0.5, 0.6) is 0 Å². The SMILES string of the molecule is c1ccc(-c2cc(-c3ccc4c(c3)oc3ccccc34)cc(-c3nc(-c4ccccc4)nc(-c4ccc5c(c4)oc4ccccc45)n3)c2)cc1.c1ccc(-c2ccc(-c3cccc(-c4cccc(-c5nc(-c6ccccc6)nc(-c6ccc7c(c6)oc6ccccc67)n5)c4)c3)cc2)cc1.c1ccc(-c2nc(-c3cccc(-c4ccc5c(c4)oc4ccccc45)c3)nc(-c3ccc4c(c3)oc3ccccc34)n2)cc1. The maximum Gasteiger partial charge on any atom is 0.164 e. The Kier molecular flexibility index (Phi) is 21.2. The van der Waals surface area contributed by atoms with E-state index in [0.717, 1.165) is 210 Å². The van der Waals surface area contributed by atoms with Crippen molar-refractivity contribution < 1.29 is 22.1 Å². The molecule has 8 heterocycles. The van der Waals surface area contributed by atoms with Crippen LogP contribution in [0.2, 0.25) is 0 Å². The molecule has 670 valence electrons. The maximum atomic E-state index is 6.28. The summed E-state index contributed by atoms with van der Waals surface area (Å²) >= 11 is 0. The van der Waals surface area contributed by atoms with Gasteiger partial charge in [-0.1, -0.05) is 352 Å². The molecule has 0 unspecified atom stereocenters. The summed E-state index contributed by atoms with van der Waals surface area (Å²) in [6.45, 7) is 0. The molecule has 0 bridgehead atoms. The van der Waals surface area contributed by atoms with Crippen LogP contribution in [0.1, 0.15) is 0 Å². The van der Waals surface area contributed by atoms with E-state index in [2.05, 4.69) is 255 Å². The van der Waals surface area contributed by atoms with Crippen LogP contribution in [0.3, 0.4) is 0 Å². The van der Waals surface area contributed by atoms with Gasteiger partial charge < -0.3 is 22.1 Å². The van der Waals surface area contributed by atoms with E-state index in [9.17, 15) is 0 Å². The van der Waals surface area contributed by atoms with Crippen molar-refractivity contribution in [3.8, 4) is 169 Å². The number of furan rings is 5. The highest BCUT2D eigenvalue weighted by atomic mass is 16.3. The highest BCUT2D eigenvalue weighted by Gasteiger charge is 2.23. The molecule has 28 aromatic rings. The van der Waals surface area contributed by atoms with Crippen molar-refractivity contribution in [3.05, 3.63) is 479 Å². The predicted octanol–water partition coefficient (Wildman–Crippen LogP) is 34.1. The fourth-order valence-electron chi connectivity index (χ4n) is 19.2. The van der Waals surface area contributed by atoms with Crippen LogP contribution >= 0.6 is 0 Å². The van der Waals surface area contributed by atoms with Gasteiger partial charge in [-0.25, -0.2) is 44.9 Å². The Balaban J connectivity index is 0.000000110. The standard InChI is InChI=1S/C45H27N3O2.C45H29N3O.C39H23N3O2/c1-3-11-28(12-4-1)32-23-33(30-19-21-37-35-15-7-9-17-39(35)49-41(37)26-30)25-34(24-32)45-47-43(29-13-5-2-6-14-29)46-44(48-45)31-20-22-38-36-16-8-10-18-40(36)50-42(38)27-31;1-3-11-30(12-4-1)31-21-23-32(24-22-31)34-15-9-16-35(27-34)36-17-10-18-37(28-36)44-46-43(33-13-5-2-6-14-33)47-45(48-44)38-25-26-40-39-19-7-8-20-41(39)49-42(40)29-38;1-2-9-24(10-3-1)37-40-38(42-39(41-37)28-18-20-32-30-14-5-7-16-34(30)44-36(32)23-28)27-12-8-11-25(21-27)26-17-19-31-29-13-4-6-15-33(29)43-35(31)22-26/h1-27H;1-29H;1-23H. The van der Waals surface area contributed by atoms with Crippen molar-refractivity contribution in [2.24, 2.45) is 0 Å². The van der Waals surface area contributed by atoms with Crippen molar-refractivity contribution in [2.75, 3.05) is 0 Å². The van der Waals surface area contributed by atoms with Crippen molar-refractivity contribution in [2.45, 2.75) is 0 Å². The molecule has 0 saturated carbocycles. The second-order valence-corrected chi connectivity index (χ2v) is 35.4. The van der Waals surface area contributed by atoms with Gasteiger partial charge in [-0.2, -0.15) is 0 Å². The maximum absolute atomic E-state index is 6.28. The minimum absolute atomic E-state index is 0.576. The molecule has 0 aliphatic rings. The van der Waals surface area contributed by atoms with Crippen molar-refractivity contribution in [1.82, 2.24) is 44.9 Å². The lowest BCUT2D eigenvalue weighted by Crippen LogP contribution is -2.00. The number of hydrogen-bond donors (Lipinski definition) is 0. The van der Waals surface area contributed by atoms with E-state index in [1.165, 1.54) is 16.7 Å². The molecule has 0 saturated heterocycles. The first-order valence-electron chi connectivity index (χ1n) is 47.5. The second-order valence-electron chi connectivity index (χ2n) is 35.4. The highest BCUT2D eigenvalue weighted by Crippen LogP contribution is 2.43. The fraction of sp³-hybridized carbons (Fsp3) is 0. The van der Waals surface area contributed by atoms with Crippen molar-refractivity contribution >= 4 is 110 Å². The van der Waals surface area contributed by atoms with Gasteiger partial charge in [0.15, 0.2) is 52.4 Å². The fourth-order valence-corrected chi connectivity index (χ4v) is 19.2. The van der Waals surface area contributed by atoms with Crippen LogP contribution < -0.4 is 0 Å². The summed E-state index contributed by atoms with van der Waals surface area (Å²) in [5.41, 5.74) is 29.9. The molecule has 0 aliphatic heterocycles. The van der Waals surface area contributed by atoms with E-state index < -0.39 is 0 Å². The molecule has 0 N–H and O–H groups in total. The molecular weight excluding hydrogens is 1760 g/mol. The molecule has 20 aromatic carbocycles. The van der Waals surface area contributed by atoms with Crippen molar-refractivity contribution in [1.29, 1.82) is 0 Å².